The third-order valence-electron chi connectivity index (χ3n) is 5.19. The van der Waals surface area contributed by atoms with Gasteiger partial charge in [0.05, 0.1) is 6.04 Å². The van der Waals surface area contributed by atoms with E-state index in [9.17, 15) is 14.4 Å². The van der Waals surface area contributed by atoms with Gasteiger partial charge in [-0.25, -0.2) is 4.79 Å². The molecule has 7 heteroatoms. The molecule has 2 heterocycles. The quantitative estimate of drug-likeness (QED) is 0.636. The van der Waals surface area contributed by atoms with Crippen LogP contribution in [0.25, 0.3) is 0 Å². The van der Waals surface area contributed by atoms with Gasteiger partial charge in [0.1, 0.15) is 5.54 Å². The molecule has 3 N–H and O–H groups in total. The van der Waals surface area contributed by atoms with Crippen LogP contribution in [-0.2, 0) is 9.59 Å². The summed E-state index contributed by atoms with van der Waals surface area (Å²) < 4.78 is 0. The Kier molecular flexibility index (Phi) is 3.84. The van der Waals surface area contributed by atoms with Gasteiger partial charge in [-0.05, 0) is 46.1 Å². The zero-order valence-electron chi connectivity index (χ0n) is 13.1. The number of imide groups is 1. The number of amides is 4. The number of likely N-dealkylation sites (tertiary alicyclic amines) is 1. The van der Waals surface area contributed by atoms with Crippen molar-refractivity contribution < 1.29 is 14.4 Å². The average Bonchev–Trinajstić information content (AvgIpc) is 3.25. The number of piperidine rings is 1. The second-order valence-electron chi connectivity index (χ2n) is 6.90. The molecule has 2 aliphatic heterocycles. The zero-order chi connectivity index (χ0) is 15.9. The first-order valence-electron chi connectivity index (χ1n) is 8.08. The Morgan fingerprint density at radius 2 is 2.09 bits per heavy atom. The molecular formula is C15H24N4O3. The van der Waals surface area contributed by atoms with Crippen LogP contribution in [0.1, 0.15) is 39.5 Å². The number of hydrogen-bond acceptors (Lipinski definition) is 4. The van der Waals surface area contributed by atoms with E-state index in [1.54, 1.807) is 6.92 Å². The minimum Gasteiger partial charge on any atom is -0.352 e. The highest BCUT2D eigenvalue weighted by Crippen LogP contribution is 2.30. The van der Waals surface area contributed by atoms with E-state index < -0.39 is 11.6 Å². The Hall–Kier alpha value is -1.63. The standard InChI is InChI=1S/C15H24N4O3/c1-9(12(20)16-11-5-6-11)19-7-3-4-10(8-19)15(2)13(21)17-14(22)18-15/h9-11H,3-8H2,1-2H3,(H,16,20)(H2,17,18,21,22)/t9-,10-,15-/m1/s1. The summed E-state index contributed by atoms with van der Waals surface area (Å²) in [6.07, 6.45) is 3.94. The van der Waals surface area contributed by atoms with E-state index in [1.807, 2.05) is 6.92 Å². The number of carbonyl (C=O) groups excluding carboxylic acids is 3. The lowest BCUT2D eigenvalue weighted by Gasteiger charge is -2.41. The molecule has 0 bridgehead atoms. The molecule has 0 unspecified atom stereocenters. The van der Waals surface area contributed by atoms with E-state index in [-0.39, 0.29) is 23.8 Å². The minimum atomic E-state index is -0.873. The van der Waals surface area contributed by atoms with Crippen LogP contribution in [0.4, 0.5) is 4.79 Å². The van der Waals surface area contributed by atoms with Gasteiger partial charge in [-0.3, -0.25) is 19.8 Å². The van der Waals surface area contributed by atoms with Gasteiger partial charge in [0, 0.05) is 18.5 Å². The SMILES string of the molecule is C[C@H](C(=O)NC1CC1)N1CCC[C@@H]([C@@]2(C)NC(=O)NC2=O)C1. The van der Waals surface area contributed by atoms with Gasteiger partial charge < -0.3 is 10.6 Å². The molecule has 3 rings (SSSR count). The Morgan fingerprint density at radius 1 is 1.36 bits per heavy atom. The Morgan fingerprint density at radius 3 is 2.68 bits per heavy atom. The monoisotopic (exact) mass is 308 g/mol. The van der Waals surface area contributed by atoms with Crippen LogP contribution in [-0.4, -0.2) is 53.5 Å². The molecule has 0 aromatic carbocycles. The van der Waals surface area contributed by atoms with Crippen LogP contribution in [0.3, 0.4) is 0 Å². The van der Waals surface area contributed by atoms with E-state index in [0.29, 0.717) is 12.6 Å². The van der Waals surface area contributed by atoms with Crippen LogP contribution in [0.5, 0.6) is 0 Å². The van der Waals surface area contributed by atoms with Crippen LogP contribution >= 0.6 is 0 Å². The molecule has 2 saturated heterocycles. The van der Waals surface area contributed by atoms with E-state index >= 15 is 0 Å². The van der Waals surface area contributed by atoms with Crippen molar-refractivity contribution in [2.24, 2.45) is 5.92 Å². The van der Waals surface area contributed by atoms with Crippen molar-refractivity contribution in [2.45, 2.75) is 57.2 Å². The van der Waals surface area contributed by atoms with Crippen LogP contribution in [0.2, 0.25) is 0 Å². The molecule has 4 amide bonds. The molecule has 3 fully saturated rings. The Bertz CT molecular complexity index is 505. The van der Waals surface area contributed by atoms with Gasteiger partial charge in [-0.1, -0.05) is 0 Å². The van der Waals surface area contributed by atoms with E-state index in [2.05, 4.69) is 20.9 Å². The molecule has 1 saturated carbocycles. The molecule has 3 atom stereocenters. The summed E-state index contributed by atoms with van der Waals surface area (Å²) in [7, 11) is 0. The summed E-state index contributed by atoms with van der Waals surface area (Å²) in [6.45, 7) is 5.18. The van der Waals surface area contributed by atoms with Crippen molar-refractivity contribution in [3.8, 4) is 0 Å². The summed E-state index contributed by atoms with van der Waals surface area (Å²) in [5.74, 6) is -0.184. The molecule has 3 aliphatic rings. The highest BCUT2D eigenvalue weighted by atomic mass is 16.2. The van der Waals surface area contributed by atoms with E-state index in [0.717, 1.165) is 32.2 Å². The van der Waals surface area contributed by atoms with Gasteiger partial charge in [0.2, 0.25) is 5.91 Å². The van der Waals surface area contributed by atoms with Crippen molar-refractivity contribution in [3.63, 3.8) is 0 Å². The Labute approximate surface area is 130 Å². The predicted molar refractivity (Wildman–Crippen MR) is 80.0 cm³/mol. The van der Waals surface area contributed by atoms with Crippen molar-refractivity contribution in [2.75, 3.05) is 13.1 Å². The summed E-state index contributed by atoms with van der Waals surface area (Å²) in [4.78, 5) is 37.9. The molecule has 0 aromatic heterocycles. The van der Waals surface area contributed by atoms with Gasteiger partial charge in [0.25, 0.3) is 5.91 Å². The van der Waals surface area contributed by atoms with Crippen molar-refractivity contribution >= 4 is 17.8 Å². The maximum absolute atomic E-state index is 12.2. The normalized spacial score (nSPS) is 34.0. The average molecular weight is 308 g/mol. The number of carbonyl (C=O) groups is 3. The molecule has 0 radical (unpaired) electrons. The lowest BCUT2D eigenvalue weighted by Crippen LogP contribution is -2.58. The van der Waals surface area contributed by atoms with Gasteiger partial charge in [-0.15, -0.1) is 0 Å². The third kappa shape index (κ3) is 2.82. The number of nitrogens with zero attached hydrogens (tertiary/aromatic N) is 1. The second-order valence-corrected chi connectivity index (χ2v) is 6.90. The summed E-state index contributed by atoms with van der Waals surface area (Å²) in [5.41, 5.74) is -0.873. The first-order chi connectivity index (χ1) is 10.4. The van der Waals surface area contributed by atoms with Crippen molar-refractivity contribution in [1.82, 2.24) is 20.9 Å². The lowest BCUT2D eigenvalue weighted by molar-refractivity contribution is -0.128. The smallest absolute Gasteiger partial charge is 0.322 e. The Balaban J connectivity index is 1.64. The summed E-state index contributed by atoms with van der Waals surface area (Å²) in [6, 6.07) is -0.274. The first-order valence-corrected chi connectivity index (χ1v) is 8.08. The summed E-state index contributed by atoms with van der Waals surface area (Å²) >= 11 is 0. The predicted octanol–water partition coefficient (Wildman–Crippen LogP) is -0.0364. The second kappa shape index (κ2) is 5.53. The fourth-order valence-corrected chi connectivity index (χ4v) is 3.39. The minimum absolute atomic E-state index is 0.0175. The molecule has 22 heavy (non-hydrogen) atoms. The van der Waals surface area contributed by atoms with E-state index in [1.165, 1.54) is 0 Å². The van der Waals surface area contributed by atoms with Gasteiger partial charge in [-0.2, -0.15) is 0 Å². The molecular weight excluding hydrogens is 284 g/mol. The summed E-state index contributed by atoms with van der Waals surface area (Å²) in [5, 5.41) is 8.10. The topological polar surface area (TPSA) is 90.5 Å². The van der Waals surface area contributed by atoms with Crippen LogP contribution < -0.4 is 16.0 Å². The fraction of sp³-hybridized carbons (Fsp3) is 0.800. The first kappa shape index (κ1) is 15.3. The third-order valence-corrected chi connectivity index (χ3v) is 5.19. The number of rotatable bonds is 4. The highest BCUT2D eigenvalue weighted by molar-refractivity contribution is 6.07. The number of nitrogens with one attached hydrogen (secondary N) is 3. The number of hydrogen-bond donors (Lipinski definition) is 3. The highest BCUT2D eigenvalue weighted by Gasteiger charge is 2.49. The van der Waals surface area contributed by atoms with Crippen LogP contribution in [0, 0.1) is 5.92 Å². The van der Waals surface area contributed by atoms with Gasteiger partial charge >= 0.3 is 6.03 Å². The molecule has 7 nitrogen and oxygen atoms in total. The van der Waals surface area contributed by atoms with E-state index in [4.69, 9.17) is 0 Å². The lowest BCUT2D eigenvalue weighted by atomic mass is 9.79. The molecule has 122 valence electrons. The molecule has 1 aliphatic carbocycles. The maximum Gasteiger partial charge on any atom is 0.322 e. The largest absolute Gasteiger partial charge is 0.352 e. The maximum atomic E-state index is 12.2. The van der Waals surface area contributed by atoms with Crippen LogP contribution in [0.15, 0.2) is 0 Å². The van der Waals surface area contributed by atoms with Gasteiger partial charge in [0.15, 0.2) is 0 Å². The molecule has 0 spiro atoms. The fourth-order valence-electron chi connectivity index (χ4n) is 3.39. The van der Waals surface area contributed by atoms with Crippen molar-refractivity contribution in [3.05, 3.63) is 0 Å². The van der Waals surface area contributed by atoms with Crippen molar-refractivity contribution in [1.29, 1.82) is 0 Å². The zero-order valence-corrected chi connectivity index (χ0v) is 13.1. The number of urea groups is 1. The molecule has 0 aromatic rings.